The molecule has 0 atom stereocenters. The predicted octanol–water partition coefficient (Wildman–Crippen LogP) is 3.99. The molecule has 20 nitrogen and oxygen atoms in total. The number of nitrogens with one attached hydrogen (secondary N) is 1. The lowest BCUT2D eigenvalue weighted by molar-refractivity contribution is 0.0969. The zero-order chi connectivity index (χ0) is 46.1. The van der Waals surface area contributed by atoms with E-state index in [0.717, 1.165) is 45.0 Å². The second-order valence-corrected chi connectivity index (χ2v) is 16.2. The molecule has 0 spiro atoms. The Morgan fingerprint density at radius 1 is 0.683 bits per heavy atom. The first-order valence-electron chi connectivity index (χ1n) is 20.4. The number of carbonyl (C=O) groups is 4. The van der Waals surface area contributed by atoms with Crippen LogP contribution in [0.1, 0.15) is 78.3 Å². The van der Waals surface area contributed by atoms with Gasteiger partial charge in [-0.05, 0) is 63.8 Å². The third-order valence-electron chi connectivity index (χ3n) is 9.88. The van der Waals surface area contributed by atoms with Crippen molar-refractivity contribution in [2.45, 2.75) is 63.7 Å². The Kier molecular flexibility index (Phi) is 18.3. The first-order valence-corrected chi connectivity index (χ1v) is 22.0. The van der Waals surface area contributed by atoms with E-state index in [9.17, 15) is 27.6 Å². The van der Waals surface area contributed by atoms with Crippen LogP contribution in [0, 0.1) is 0 Å². The maximum absolute atomic E-state index is 12.8. The van der Waals surface area contributed by atoms with Crippen molar-refractivity contribution in [1.82, 2.24) is 29.7 Å². The molecule has 63 heavy (non-hydrogen) atoms. The standard InChI is InChI=1S/C20H25N5O4.C14H15N3O4S.C8H16N2O2/c1-3-29-20(27)25-10-8-13(9-11-25)23-19-22-12-15(18(21)24-19)17(26)14-6-4-5-7-16(14)28-2;1-3-22(19,20)14-16-8-10(13(15)17-14)12(18)9-6-4-5-7-11(9)21-2;1-2-12-8(11)10-5-3-7(9)4-6-10/h4-7,12-13H,3,8-11H2,1-2H3,(H3,21,22,23,24);4-8H,3H2,1-2H3,(H2,15,16,17);7H,2-6,9H2,1H3. The zero-order valence-electron chi connectivity index (χ0n) is 36.1. The van der Waals surface area contributed by atoms with Crippen molar-refractivity contribution in [2.24, 2.45) is 5.73 Å². The number of para-hydroxylation sites is 2. The Hall–Kier alpha value is -6.61. The van der Waals surface area contributed by atoms with Gasteiger partial charge in [0, 0.05) is 50.7 Å². The number of ketones is 2. The van der Waals surface area contributed by atoms with Crippen LogP contribution < -0.4 is 32.0 Å². The number of aromatic nitrogens is 4. The van der Waals surface area contributed by atoms with Crippen LogP contribution in [0.15, 0.2) is 66.1 Å². The Morgan fingerprint density at radius 2 is 1.13 bits per heavy atom. The molecule has 0 saturated carbocycles. The van der Waals surface area contributed by atoms with E-state index in [1.807, 2.05) is 6.92 Å². The lowest BCUT2D eigenvalue weighted by Crippen LogP contribution is -2.43. The number of nitrogens with zero attached hydrogens (tertiary/aromatic N) is 6. The van der Waals surface area contributed by atoms with Gasteiger partial charge in [-0.25, -0.2) is 33.0 Å². The van der Waals surface area contributed by atoms with Crippen LogP contribution in [0.2, 0.25) is 0 Å². The lowest BCUT2D eigenvalue weighted by Gasteiger charge is -2.31. The Bertz CT molecular complexity index is 2300. The largest absolute Gasteiger partial charge is 0.496 e. The number of nitrogens with two attached hydrogens (primary N) is 3. The molecule has 0 bridgehead atoms. The van der Waals surface area contributed by atoms with Crippen molar-refractivity contribution < 1.29 is 46.5 Å². The minimum atomic E-state index is -3.58. The fourth-order valence-electron chi connectivity index (χ4n) is 6.33. The first kappa shape index (κ1) is 49.0. The molecule has 2 aromatic carbocycles. The molecule has 2 aliphatic heterocycles. The van der Waals surface area contributed by atoms with Crippen LogP contribution in [0.3, 0.4) is 0 Å². The van der Waals surface area contributed by atoms with Crippen LogP contribution in [0.5, 0.6) is 11.5 Å². The summed E-state index contributed by atoms with van der Waals surface area (Å²) < 4.78 is 43.7. The average Bonchev–Trinajstić information content (AvgIpc) is 3.29. The molecule has 21 heteroatoms. The highest BCUT2D eigenvalue weighted by atomic mass is 32.2. The van der Waals surface area contributed by atoms with Gasteiger partial charge in [0.05, 0.1) is 55.4 Å². The van der Waals surface area contributed by atoms with Gasteiger partial charge >= 0.3 is 12.2 Å². The highest BCUT2D eigenvalue weighted by molar-refractivity contribution is 7.91. The number of piperidine rings is 2. The smallest absolute Gasteiger partial charge is 0.409 e. The third kappa shape index (κ3) is 13.4. The second kappa shape index (κ2) is 23.6. The van der Waals surface area contributed by atoms with Crippen LogP contribution in [-0.4, -0.2) is 133 Å². The van der Waals surface area contributed by atoms with Crippen LogP contribution in [0.25, 0.3) is 0 Å². The quantitative estimate of drug-likeness (QED) is 0.115. The minimum Gasteiger partial charge on any atom is -0.496 e. The molecule has 4 aromatic rings. The summed E-state index contributed by atoms with van der Waals surface area (Å²) in [6.07, 6.45) is 5.31. The van der Waals surface area contributed by atoms with Gasteiger partial charge in [-0.15, -0.1) is 0 Å². The average molecular weight is 893 g/mol. The predicted molar refractivity (Wildman–Crippen MR) is 235 cm³/mol. The van der Waals surface area contributed by atoms with Crippen molar-refractivity contribution in [3.63, 3.8) is 0 Å². The van der Waals surface area contributed by atoms with Crippen molar-refractivity contribution in [3.05, 3.63) is 83.2 Å². The van der Waals surface area contributed by atoms with Gasteiger partial charge in [-0.1, -0.05) is 31.2 Å². The third-order valence-corrected chi connectivity index (χ3v) is 11.4. The first-order chi connectivity index (χ1) is 30.2. The summed E-state index contributed by atoms with van der Waals surface area (Å²) in [6, 6.07) is 13.9. The van der Waals surface area contributed by atoms with Crippen molar-refractivity contribution >= 4 is 51.2 Å². The fraction of sp³-hybridized carbons (Fsp3) is 0.429. The number of carbonyl (C=O) groups excluding carboxylic acids is 4. The maximum atomic E-state index is 12.8. The van der Waals surface area contributed by atoms with Gasteiger partial charge in [-0.3, -0.25) is 9.59 Å². The summed E-state index contributed by atoms with van der Waals surface area (Å²) in [6.45, 7) is 8.55. The summed E-state index contributed by atoms with van der Waals surface area (Å²) in [7, 11) is -0.625. The van der Waals surface area contributed by atoms with Crippen molar-refractivity contribution in [2.75, 3.05) is 76.1 Å². The molecule has 0 aliphatic carbocycles. The Labute approximate surface area is 366 Å². The van der Waals surface area contributed by atoms with E-state index in [-0.39, 0.29) is 63.7 Å². The molecular weight excluding hydrogens is 837 g/mol. The number of likely N-dealkylation sites (tertiary alicyclic amines) is 2. The number of benzene rings is 2. The van der Waals surface area contributed by atoms with E-state index in [2.05, 4.69) is 25.3 Å². The molecule has 340 valence electrons. The number of amides is 2. The van der Waals surface area contributed by atoms with E-state index >= 15 is 0 Å². The van der Waals surface area contributed by atoms with Gasteiger partial charge in [-0.2, -0.15) is 4.98 Å². The van der Waals surface area contributed by atoms with Crippen LogP contribution in [-0.2, 0) is 19.3 Å². The monoisotopic (exact) mass is 892 g/mol. The van der Waals surface area contributed by atoms with Crippen LogP contribution >= 0.6 is 0 Å². The molecule has 6 rings (SSSR count). The SMILES string of the molecule is CCOC(=O)N1CCC(N)CC1.CCOC(=O)N1CCC(Nc2ncc(C(=O)c3ccccc3OC)c(N)n2)CC1.CCS(=O)(=O)c1ncc(C(=O)c2ccccc2OC)c(N)n1. The maximum Gasteiger partial charge on any atom is 0.409 e. The Balaban J connectivity index is 0.000000225. The van der Waals surface area contributed by atoms with E-state index in [4.69, 9.17) is 36.1 Å². The molecule has 2 aromatic heterocycles. The number of nitrogen functional groups attached to an aromatic ring is 2. The molecule has 0 unspecified atom stereocenters. The summed E-state index contributed by atoms with van der Waals surface area (Å²) in [5, 5.41) is 2.84. The zero-order valence-corrected chi connectivity index (χ0v) is 36.9. The fourth-order valence-corrected chi connectivity index (χ4v) is 7.04. The van der Waals surface area contributed by atoms with Gasteiger partial charge in [0.2, 0.25) is 32.5 Å². The van der Waals surface area contributed by atoms with E-state index in [0.29, 0.717) is 54.9 Å². The second-order valence-electron chi connectivity index (χ2n) is 14.0. The minimum absolute atomic E-state index is 0.0274. The number of hydrogen-bond donors (Lipinski definition) is 4. The van der Waals surface area contributed by atoms with Gasteiger partial charge in [0.1, 0.15) is 23.1 Å². The molecule has 4 heterocycles. The van der Waals surface area contributed by atoms with E-state index in [1.54, 1.807) is 65.3 Å². The molecule has 2 aliphatic rings. The normalized spacial score (nSPS) is 14.2. The summed E-state index contributed by atoms with van der Waals surface area (Å²) >= 11 is 0. The molecule has 2 saturated heterocycles. The number of ether oxygens (including phenoxy) is 4. The van der Waals surface area contributed by atoms with Crippen molar-refractivity contribution in [3.8, 4) is 11.5 Å². The highest BCUT2D eigenvalue weighted by Crippen LogP contribution is 2.25. The molecular formula is C42H56N10O10S. The van der Waals surface area contributed by atoms with Gasteiger partial charge < -0.3 is 51.3 Å². The van der Waals surface area contributed by atoms with Gasteiger partial charge in [0.25, 0.3) is 0 Å². The molecule has 2 amide bonds. The molecule has 2 fully saturated rings. The van der Waals surface area contributed by atoms with Gasteiger partial charge in [0.15, 0.2) is 0 Å². The summed E-state index contributed by atoms with van der Waals surface area (Å²) in [5.41, 5.74) is 18.4. The van der Waals surface area contributed by atoms with Crippen molar-refractivity contribution in [1.29, 1.82) is 0 Å². The van der Waals surface area contributed by atoms with E-state index in [1.165, 1.54) is 27.3 Å². The lowest BCUT2D eigenvalue weighted by atomic mass is 10.0. The number of methoxy groups -OCH3 is 2. The number of hydrogen-bond acceptors (Lipinski definition) is 18. The topological polar surface area (TPSA) is 287 Å². The summed E-state index contributed by atoms with van der Waals surface area (Å²) in [5.74, 6) is 0.245. The number of anilines is 3. The van der Waals surface area contributed by atoms with Crippen LogP contribution in [0.4, 0.5) is 27.2 Å². The number of rotatable bonds is 12. The highest BCUT2D eigenvalue weighted by Gasteiger charge is 2.26. The number of sulfone groups is 1. The summed E-state index contributed by atoms with van der Waals surface area (Å²) in [4.78, 5) is 67.6. The van der Waals surface area contributed by atoms with E-state index < -0.39 is 15.6 Å². The Morgan fingerprint density at radius 3 is 1.56 bits per heavy atom. The molecule has 0 radical (unpaired) electrons. The molecule has 7 N–H and O–H groups in total.